The van der Waals surface area contributed by atoms with Crippen LogP contribution in [0.2, 0.25) is 0 Å². The molecule has 1 saturated carbocycles. The molecule has 6 rings (SSSR count). The molecule has 0 spiro atoms. The van der Waals surface area contributed by atoms with Crippen LogP contribution in [0.3, 0.4) is 0 Å². The summed E-state index contributed by atoms with van der Waals surface area (Å²) in [7, 11) is 0. The van der Waals surface area contributed by atoms with Crippen LogP contribution in [0.4, 0.5) is 0 Å². The highest BCUT2D eigenvalue weighted by atomic mass is 16.1. The number of benzene rings is 4. The van der Waals surface area contributed by atoms with Crippen LogP contribution in [-0.4, -0.2) is 16.6 Å². The smallest absolute Gasteiger partial charge is 0.163 e. The van der Waals surface area contributed by atoms with Gasteiger partial charge in [-0.05, 0) is 115 Å². The fourth-order valence-electron chi connectivity index (χ4n) is 6.64. The van der Waals surface area contributed by atoms with Crippen LogP contribution in [0.1, 0.15) is 48.9 Å². The molecule has 4 nitrogen and oxygen atoms in total. The van der Waals surface area contributed by atoms with E-state index in [1.165, 1.54) is 46.7 Å². The molecular formula is C39H36N2O2. The van der Waals surface area contributed by atoms with E-state index in [0.29, 0.717) is 12.1 Å². The number of aryl methyl sites for hydroxylation is 3. The summed E-state index contributed by atoms with van der Waals surface area (Å²) >= 11 is 0. The van der Waals surface area contributed by atoms with Gasteiger partial charge in [-0.1, -0.05) is 66.7 Å². The summed E-state index contributed by atoms with van der Waals surface area (Å²) in [5, 5.41) is 6.96. The lowest BCUT2D eigenvalue weighted by molar-refractivity contribution is -0.119. The van der Waals surface area contributed by atoms with Crippen LogP contribution in [-0.2, 0) is 9.59 Å². The maximum Gasteiger partial charge on any atom is 0.163 e. The van der Waals surface area contributed by atoms with Crippen LogP contribution in [0.25, 0.3) is 44.2 Å². The average molecular weight is 565 g/mol. The molecular weight excluding hydrogens is 528 g/mol. The van der Waals surface area contributed by atoms with Crippen molar-refractivity contribution in [2.75, 3.05) is 0 Å². The second-order valence-electron chi connectivity index (χ2n) is 11.7. The van der Waals surface area contributed by atoms with Crippen molar-refractivity contribution in [2.24, 2.45) is 5.73 Å². The number of allylic oxidation sites excluding steroid dienone is 7. The number of rotatable bonds is 5. The largest absolute Gasteiger partial charge is 0.398 e. The average Bonchev–Trinajstić information content (AvgIpc) is 3.55. The number of hydrogen-bond acceptors (Lipinski definition) is 3. The highest BCUT2D eigenvalue weighted by Gasteiger charge is 2.26. The Bertz CT molecular complexity index is 2150. The SMILES string of the molecule is CC(=O)C(C(C)=O)=C1/C(=C/C=C(/N)c2cccc3c(C)ccc(C)c23)CC/C1=C\C=c1\[nH]c2ccc(C)c3cccc1c23. The van der Waals surface area contributed by atoms with Crippen LogP contribution in [0.5, 0.6) is 0 Å². The summed E-state index contributed by atoms with van der Waals surface area (Å²) in [5.74, 6) is -0.449. The summed E-state index contributed by atoms with van der Waals surface area (Å²) in [5.41, 5.74) is 15.9. The number of aromatic amines is 1. The molecule has 0 unspecified atom stereocenters. The predicted octanol–water partition coefficient (Wildman–Crippen LogP) is 8.02. The minimum absolute atomic E-state index is 0.224. The third-order valence-corrected chi connectivity index (χ3v) is 8.77. The standard InChI is InChI=1S/C39H36N2O2/c1-22-12-13-24(3)36-29(22)8-6-10-31(36)33(40)19-17-27-15-16-28(38(27)37(25(4)42)26(5)43)18-21-34-32-11-7-9-30-23(2)14-20-35(41-34)39(30)32/h6-14,17-21,41H,15-16,40H2,1-5H3/b27-17+,28-18+,33-19+,34-21+. The highest BCUT2D eigenvalue weighted by Crippen LogP contribution is 2.39. The van der Waals surface area contributed by atoms with Gasteiger partial charge in [0.25, 0.3) is 0 Å². The van der Waals surface area contributed by atoms with E-state index in [1.54, 1.807) is 0 Å². The number of fused-ring (bicyclic) bond motifs is 1. The Morgan fingerprint density at radius 1 is 0.698 bits per heavy atom. The number of aromatic nitrogens is 1. The molecule has 1 aromatic heterocycles. The van der Waals surface area contributed by atoms with Gasteiger partial charge in [0.15, 0.2) is 11.6 Å². The fraction of sp³-hybridized carbons (Fsp3) is 0.179. The first kappa shape index (κ1) is 28.2. The second kappa shape index (κ2) is 11.0. The molecule has 0 radical (unpaired) electrons. The monoisotopic (exact) mass is 564 g/mol. The van der Waals surface area contributed by atoms with E-state index < -0.39 is 0 Å². The normalized spacial score (nSPS) is 16.4. The van der Waals surface area contributed by atoms with Gasteiger partial charge in [-0.25, -0.2) is 0 Å². The van der Waals surface area contributed by atoms with E-state index in [4.69, 9.17) is 5.73 Å². The number of ketones is 2. The molecule has 1 aliphatic carbocycles. The number of hydrogen-bond donors (Lipinski definition) is 2. The van der Waals surface area contributed by atoms with Crippen molar-refractivity contribution in [3.63, 3.8) is 0 Å². The molecule has 0 aliphatic heterocycles. The number of carbonyl (C=O) groups is 2. The Kier molecular flexibility index (Phi) is 7.23. The highest BCUT2D eigenvalue weighted by molar-refractivity contribution is 6.20. The van der Waals surface area contributed by atoms with E-state index in [9.17, 15) is 9.59 Å². The van der Waals surface area contributed by atoms with Crippen molar-refractivity contribution in [1.29, 1.82) is 0 Å². The lowest BCUT2D eigenvalue weighted by atomic mass is 9.93. The summed E-state index contributed by atoms with van der Waals surface area (Å²) in [4.78, 5) is 29.2. The number of H-pyrrole nitrogens is 1. The minimum Gasteiger partial charge on any atom is -0.398 e. The Labute approximate surface area is 252 Å². The van der Waals surface area contributed by atoms with Gasteiger partial charge in [-0.3, -0.25) is 9.59 Å². The van der Waals surface area contributed by atoms with Crippen molar-refractivity contribution in [3.8, 4) is 0 Å². The molecule has 4 heteroatoms. The molecule has 5 aromatic rings. The molecule has 1 aliphatic rings. The van der Waals surface area contributed by atoms with Gasteiger partial charge < -0.3 is 10.7 Å². The molecule has 0 atom stereocenters. The van der Waals surface area contributed by atoms with Crippen molar-refractivity contribution in [3.05, 3.63) is 129 Å². The third-order valence-electron chi connectivity index (χ3n) is 8.77. The van der Waals surface area contributed by atoms with Gasteiger partial charge in [-0.2, -0.15) is 0 Å². The maximum absolute atomic E-state index is 12.8. The summed E-state index contributed by atoms with van der Waals surface area (Å²) in [6, 6.07) is 21.1. The van der Waals surface area contributed by atoms with Crippen LogP contribution < -0.4 is 11.1 Å². The molecule has 0 saturated heterocycles. The zero-order valence-electron chi connectivity index (χ0n) is 25.4. The molecule has 4 aromatic carbocycles. The minimum atomic E-state index is -0.224. The first-order valence-corrected chi connectivity index (χ1v) is 14.8. The molecule has 3 N–H and O–H groups in total. The van der Waals surface area contributed by atoms with Crippen molar-refractivity contribution < 1.29 is 9.59 Å². The summed E-state index contributed by atoms with van der Waals surface area (Å²) in [6.45, 7) is 9.29. The van der Waals surface area contributed by atoms with Gasteiger partial charge in [-0.15, -0.1) is 0 Å². The Balaban J connectivity index is 1.48. The zero-order chi connectivity index (χ0) is 30.4. The first-order valence-electron chi connectivity index (χ1n) is 14.8. The summed E-state index contributed by atoms with van der Waals surface area (Å²) in [6.07, 6.45) is 9.49. The quantitative estimate of drug-likeness (QED) is 0.129. The van der Waals surface area contributed by atoms with Gasteiger partial charge in [0.05, 0.1) is 5.57 Å². The fourth-order valence-corrected chi connectivity index (χ4v) is 6.64. The molecule has 1 heterocycles. The number of Topliss-reactive ketones (excluding diaryl/α,β-unsaturated/α-hetero) is 2. The van der Waals surface area contributed by atoms with E-state index in [2.05, 4.69) is 86.4 Å². The summed E-state index contributed by atoms with van der Waals surface area (Å²) < 4.78 is 0. The first-order chi connectivity index (χ1) is 20.7. The molecule has 43 heavy (non-hydrogen) atoms. The van der Waals surface area contributed by atoms with Crippen LogP contribution >= 0.6 is 0 Å². The van der Waals surface area contributed by atoms with Crippen molar-refractivity contribution >= 4 is 55.8 Å². The predicted molar refractivity (Wildman–Crippen MR) is 180 cm³/mol. The maximum atomic E-state index is 12.8. The van der Waals surface area contributed by atoms with E-state index >= 15 is 0 Å². The Morgan fingerprint density at radius 3 is 1.98 bits per heavy atom. The lowest BCUT2D eigenvalue weighted by Crippen LogP contribution is -2.10. The number of nitrogens with two attached hydrogens (primary N) is 1. The van der Waals surface area contributed by atoms with Gasteiger partial charge in [0.2, 0.25) is 0 Å². The van der Waals surface area contributed by atoms with Crippen LogP contribution in [0.15, 0.2) is 101 Å². The van der Waals surface area contributed by atoms with Crippen molar-refractivity contribution in [2.45, 2.75) is 47.5 Å². The molecule has 1 fully saturated rings. The molecule has 0 bridgehead atoms. The van der Waals surface area contributed by atoms with E-state index in [1.807, 2.05) is 24.3 Å². The number of carbonyl (C=O) groups excluding carboxylic acids is 2. The van der Waals surface area contributed by atoms with Gasteiger partial charge >= 0.3 is 0 Å². The Hall–Kier alpha value is -4.96. The van der Waals surface area contributed by atoms with Gasteiger partial charge in [0.1, 0.15) is 0 Å². The van der Waals surface area contributed by atoms with Crippen LogP contribution in [0, 0.1) is 20.8 Å². The zero-order valence-corrected chi connectivity index (χ0v) is 25.4. The van der Waals surface area contributed by atoms with Crippen molar-refractivity contribution in [1.82, 2.24) is 4.98 Å². The third kappa shape index (κ3) is 4.93. The number of nitrogens with one attached hydrogen (secondary N) is 1. The van der Waals surface area contributed by atoms with E-state index in [-0.39, 0.29) is 17.1 Å². The van der Waals surface area contributed by atoms with Gasteiger partial charge in [0, 0.05) is 32.9 Å². The lowest BCUT2D eigenvalue weighted by Gasteiger charge is -2.12. The second-order valence-corrected chi connectivity index (χ2v) is 11.7. The topological polar surface area (TPSA) is 75.9 Å². The molecule has 214 valence electrons. The Morgan fingerprint density at radius 2 is 1.28 bits per heavy atom. The molecule has 0 amide bonds. The van der Waals surface area contributed by atoms with E-state index in [0.717, 1.165) is 50.3 Å².